The van der Waals surface area contributed by atoms with Crippen molar-refractivity contribution in [1.82, 2.24) is 10.7 Å². The predicted octanol–water partition coefficient (Wildman–Crippen LogP) is 4.20. The van der Waals surface area contributed by atoms with Crippen molar-refractivity contribution in [3.8, 4) is 5.75 Å². The van der Waals surface area contributed by atoms with Crippen LogP contribution in [-0.4, -0.2) is 30.5 Å². The number of nitrogens with one attached hydrogen (secondary N) is 2. The molecule has 0 saturated heterocycles. The van der Waals surface area contributed by atoms with Crippen LogP contribution in [0.3, 0.4) is 0 Å². The molecule has 0 aliphatic rings. The van der Waals surface area contributed by atoms with Crippen LogP contribution in [0.4, 0.5) is 0 Å². The van der Waals surface area contributed by atoms with Crippen LogP contribution >= 0.6 is 27.5 Å². The molecular weight excluding hydrogens is 498 g/mol. The third-order valence-corrected chi connectivity index (χ3v) is 4.84. The van der Waals surface area contributed by atoms with Crippen LogP contribution in [0.2, 0.25) is 5.02 Å². The number of amides is 2. The SMILES string of the molecule is O=C(CNC(=O)c1ccc(Cl)cc1)N/N=C/c1cc(Br)ccc1OC(=O)c1ccccc1. The van der Waals surface area contributed by atoms with Gasteiger partial charge in [-0.2, -0.15) is 5.10 Å². The molecule has 0 saturated carbocycles. The van der Waals surface area contributed by atoms with Crippen molar-refractivity contribution in [2.24, 2.45) is 5.10 Å². The lowest BCUT2D eigenvalue weighted by Gasteiger charge is -2.08. The summed E-state index contributed by atoms with van der Waals surface area (Å²) in [6.45, 7) is -0.271. The van der Waals surface area contributed by atoms with Gasteiger partial charge in [-0.3, -0.25) is 9.59 Å². The molecule has 3 rings (SSSR count). The first-order chi connectivity index (χ1) is 15.4. The number of esters is 1. The van der Waals surface area contributed by atoms with Crippen LogP contribution in [0.25, 0.3) is 0 Å². The summed E-state index contributed by atoms with van der Waals surface area (Å²) in [5.41, 5.74) is 3.57. The Balaban J connectivity index is 1.57. The zero-order chi connectivity index (χ0) is 22.9. The summed E-state index contributed by atoms with van der Waals surface area (Å²) in [7, 11) is 0. The van der Waals surface area contributed by atoms with E-state index in [4.69, 9.17) is 16.3 Å². The first kappa shape index (κ1) is 23.2. The van der Waals surface area contributed by atoms with E-state index < -0.39 is 17.8 Å². The summed E-state index contributed by atoms with van der Waals surface area (Å²) in [6.07, 6.45) is 1.34. The second-order valence-corrected chi connectivity index (χ2v) is 7.77. The van der Waals surface area contributed by atoms with Gasteiger partial charge in [-0.05, 0) is 54.6 Å². The Bertz CT molecular complexity index is 1150. The van der Waals surface area contributed by atoms with Crippen molar-refractivity contribution >= 4 is 51.5 Å². The van der Waals surface area contributed by atoms with Crippen LogP contribution in [0.15, 0.2) is 82.4 Å². The fourth-order valence-corrected chi connectivity index (χ4v) is 3.03. The monoisotopic (exact) mass is 513 g/mol. The number of rotatable bonds is 7. The lowest BCUT2D eigenvalue weighted by molar-refractivity contribution is -0.120. The van der Waals surface area contributed by atoms with E-state index in [1.807, 2.05) is 0 Å². The molecule has 162 valence electrons. The molecule has 0 bridgehead atoms. The van der Waals surface area contributed by atoms with Crippen molar-refractivity contribution in [2.45, 2.75) is 0 Å². The summed E-state index contributed by atoms with van der Waals surface area (Å²) in [5.74, 6) is -1.18. The molecule has 0 spiro atoms. The zero-order valence-corrected chi connectivity index (χ0v) is 18.9. The first-order valence-corrected chi connectivity index (χ1v) is 10.5. The van der Waals surface area contributed by atoms with Crippen molar-refractivity contribution in [3.05, 3.63) is 99.0 Å². The van der Waals surface area contributed by atoms with E-state index in [1.54, 1.807) is 72.8 Å². The topological polar surface area (TPSA) is 96.9 Å². The maximum atomic E-state index is 12.3. The minimum atomic E-state index is -0.526. The maximum Gasteiger partial charge on any atom is 0.343 e. The van der Waals surface area contributed by atoms with E-state index in [0.717, 1.165) is 4.47 Å². The van der Waals surface area contributed by atoms with Crippen LogP contribution in [0.1, 0.15) is 26.3 Å². The van der Waals surface area contributed by atoms with E-state index in [-0.39, 0.29) is 12.3 Å². The molecule has 0 aliphatic carbocycles. The maximum absolute atomic E-state index is 12.3. The van der Waals surface area contributed by atoms with Crippen molar-refractivity contribution in [1.29, 1.82) is 0 Å². The zero-order valence-electron chi connectivity index (χ0n) is 16.5. The highest BCUT2D eigenvalue weighted by Crippen LogP contribution is 2.23. The van der Waals surface area contributed by atoms with E-state index >= 15 is 0 Å². The fourth-order valence-electron chi connectivity index (χ4n) is 2.52. The average Bonchev–Trinajstić information content (AvgIpc) is 2.80. The second-order valence-electron chi connectivity index (χ2n) is 6.42. The van der Waals surface area contributed by atoms with Gasteiger partial charge in [0.05, 0.1) is 18.3 Å². The van der Waals surface area contributed by atoms with Gasteiger partial charge in [-0.25, -0.2) is 10.2 Å². The van der Waals surface area contributed by atoms with E-state index in [2.05, 4.69) is 31.8 Å². The predicted molar refractivity (Wildman–Crippen MR) is 125 cm³/mol. The van der Waals surface area contributed by atoms with E-state index in [9.17, 15) is 14.4 Å². The van der Waals surface area contributed by atoms with Crippen LogP contribution in [0.5, 0.6) is 5.75 Å². The highest BCUT2D eigenvalue weighted by Gasteiger charge is 2.11. The van der Waals surface area contributed by atoms with Crippen LogP contribution in [0, 0.1) is 0 Å². The lowest BCUT2D eigenvalue weighted by Crippen LogP contribution is -2.34. The molecule has 7 nitrogen and oxygen atoms in total. The molecule has 0 aliphatic heterocycles. The van der Waals surface area contributed by atoms with Gasteiger partial charge in [0.15, 0.2) is 0 Å². The Morgan fingerprint density at radius 1 is 0.969 bits per heavy atom. The standard InChI is InChI=1S/C23H17BrClN3O4/c24-18-8-11-20(32-23(31)16-4-2-1-3-5-16)17(12-18)13-27-28-21(29)14-26-22(30)15-6-9-19(25)10-7-15/h1-13H,14H2,(H,26,30)(H,28,29)/b27-13+. The molecule has 0 heterocycles. The Morgan fingerprint density at radius 2 is 1.69 bits per heavy atom. The van der Waals surface area contributed by atoms with Crippen molar-refractivity contribution in [3.63, 3.8) is 0 Å². The summed E-state index contributed by atoms with van der Waals surface area (Å²) in [4.78, 5) is 36.3. The molecule has 3 aromatic rings. The van der Waals surface area contributed by atoms with Crippen LogP contribution in [-0.2, 0) is 4.79 Å². The molecule has 9 heteroatoms. The Hall–Kier alpha value is -3.49. The van der Waals surface area contributed by atoms with Gasteiger partial charge in [0.1, 0.15) is 5.75 Å². The quantitative estimate of drug-likeness (QED) is 0.214. The van der Waals surface area contributed by atoms with E-state index in [1.165, 1.54) is 6.21 Å². The first-order valence-electron chi connectivity index (χ1n) is 9.35. The number of carbonyl (C=O) groups excluding carboxylic acids is 3. The number of hydrogen-bond donors (Lipinski definition) is 2. The summed E-state index contributed by atoms with van der Waals surface area (Å²) < 4.78 is 6.19. The highest BCUT2D eigenvalue weighted by atomic mass is 79.9. The minimum absolute atomic E-state index is 0.271. The third kappa shape index (κ3) is 6.76. The molecule has 2 N–H and O–H groups in total. The smallest absolute Gasteiger partial charge is 0.343 e. The minimum Gasteiger partial charge on any atom is -0.422 e. The Morgan fingerprint density at radius 3 is 2.41 bits per heavy atom. The molecule has 0 radical (unpaired) electrons. The number of nitrogens with zero attached hydrogens (tertiary/aromatic N) is 1. The molecule has 2 amide bonds. The fraction of sp³-hybridized carbons (Fsp3) is 0.0435. The molecule has 0 fully saturated rings. The molecule has 3 aromatic carbocycles. The molecule has 32 heavy (non-hydrogen) atoms. The van der Waals surface area contributed by atoms with E-state index in [0.29, 0.717) is 21.7 Å². The number of ether oxygens (including phenoxy) is 1. The number of hydrazone groups is 1. The summed E-state index contributed by atoms with van der Waals surface area (Å²) in [5, 5.41) is 6.88. The third-order valence-electron chi connectivity index (χ3n) is 4.09. The molecule has 0 unspecified atom stereocenters. The number of benzene rings is 3. The van der Waals surface area contributed by atoms with Gasteiger partial charge in [-0.15, -0.1) is 0 Å². The average molecular weight is 515 g/mol. The number of hydrogen-bond acceptors (Lipinski definition) is 5. The molecular formula is C23H17BrClN3O4. The Labute approximate surface area is 197 Å². The summed E-state index contributed by atoms with van der Waals surface area (Å²) in [6, 6.07) is 19.9. The second kappa shape index (κ2) is 11.2. The molecule has 0 atom stereocenters. The summed E-state index contributed by atoms with van der Waals surface area (Å²) >= 11 is 9.14. The Kier molecular flexibility index (Phi) is 8.13. The van der Waals surface area contributed by atoms with Gasteiger partial charge in [-0.1, -0.05) is 45.7 Å². The van der Waals surface area contributed by atoms with Gasteiger partial charge < -0.3 is 10.1 Å². The van der Waals surface area contributed by atoms with Crippen molar-refractivity contribution < 1.29 is 19.1 Å². The van der Waals surface area contributed by atoms with Gasteiger partial charge in [0.25, 0.3) is 11.8 Å². The van der Waals surface area contributed by atoms with Gasteiger partial charge >= 0.3 is 5.97 Å². The normalized spacial score (nSPS) is 10.6. The van der Waals surface area contributed by atoms with Gasteiger partial charge in [0, 0.05) is 20.6 Å². The van der Waals surface area contributed by atoms with Gasteiger partial charge in [0.2, 0.25) is 0 Å². The number of halogens is 2. The molecule has 0 aromatic heterocycles. The number of carbonyl (C=O) groups is 3. The highest BCUT2D eigenvalue weighted by molar-refractivity contribution is 9.10. The lowest BCUT2D eigenvalue weighted by atomic mass is 10.2. The van der Waals surface area contributed by atoms with Crippen molar-refractivity contribution in [2.75, 3.05) is 6.54 Å². The van der Waals surface area contributed by atoms with Crippen LogP contribution < -0.4 is 15.5 Å². The largest absolute Gasteiger partial charge is 0.422 e.